The van der Waals surface area contributed by atoms with E-state index in [1.54, 1.807) is 18.4 Å². The van der Waals surface area contributed by atoms with Gasteiger partial charge in [-0.05, 0) is 76.1 Å². The van der Waals surface area contributed by atoms with Crippen LogP contribution in [0, 0.1) is 20.8 Å². The molecule has 15 nitrogen and oxygen atoms in total. The smallest absolute Gasteiger partial charge is 0.346 e. The fraction of sp³-hybridized carbons (Fsp3) is 0.444. The summed E-state index contributed by atoms with van der Waals surface area (Å²) in [5, 5.41) is 23.5. The number of fused-ring (bicyclic) bond motifs is 3. The monoisotopic (exact) mass is 880 g/mol. The Bertz CT molecular complexity index is 2540. The van der Waals surface area contributed by atoms with Gasteiger partial charge in [-0.1, -0.05) is 73.7 Å². The van der Waals surface area contributed by atoms with E-state index in [0.29, 0.717) is 61.0 Å². The molecule has 3 aromatic heterocycles. The van der Waals surface area contributed by atoms with Crippen molar-refractivity contribution in [1.29, 1.82) is 0 Å². The van der Waals surface area contributed by atoms with E-state index in [2.05, 4.69) is 49.7 Å². The topological polar surface area (TPSA) is 187 Å². The fourth-order valence-corrected chi connectivity index (χ4v) is 9.31. The quantitative estimate of drug-likeness (QED) is 0.0715. The van der Waals surface area contributed by atoms with Crippen LogP contribution in [-0.2, 0) is 32.6 Å². The van der Waals surface area contributed by atoms with Crippen LogP contribution in [0.5, 0.6) is 0 Å². The number of hydrogen-bond acceptors (Lipinski definition) is 10. The lowest BCUT2D eigenvalue weighted by Gasteiger charge is -2.13. The number of hydrogen-bond donors (Lipinski definition) is 3. The van der Waals surface area contributed by atoms with Crippen molar-refractivity contribution in [1.82, 2.24) is 45.1 Å². The van der Waals surface area contributed by atoms with Gasteiger partial charge in [0, 0.05) is 59.6 Å². The number of aliphatic imine (C=N–C) groups is 1. The zero-order valence-electron chi connectivity index (χ0n) is 35.6. The Kier molecular flexibility index (Phi) is 14.3. The third-order valence-corrected chi connectivity index (χ3v) is 13.0. The minimum absolute atomic E-state index is 0.00136. The number of aryl methyl sites for hydroxylation is 3. The number of nitrogens with one attached hydrogen (secondary N) is 3. The summed E-state index contributed by atoms with van der Waals surface area (Å²) in [5.41, 5.74) is 5.21. The van der Waals surface area contributed by atoms with E-state index in [9.17, 15) is 24.0 Å². The van der Waals surface area contributed by atoms with Gasteiger partial charge < -0.3 is 10.6 Å². The highest BCUT2D eigenvalue weighted by Gasteiger charge is 2.33. The van der Waals surface area contributed by atoms with Gasteiger partial charge in [-0.3, -0.25) is 38.6 Å². The van der Waals surface area contributed by atoms with Gasteiger partial charge in [0.05, 0.1) is 12.1 Å². The van der Waals surface area contributed by atoms with Crippen molar-refractivity contribution < 1.29 is 19.2 Å². The first-order chi connectivity index (χ1) is 29.9. The van der Waals surface area contributed by atoms with Crippen LogP contribution >= 0.6 is 22.9 Å². The summed E-state index contributed by atoms with van der Waals surface area (Å²) in [6.45, 7) is 7.35. The summed E-state index contributed by atoms with van der Waals surface area (Å²) in [6, 6.07) is 13.8. The molecule has 0 saturated carbocycles. The summed E-state index contributed by atoms with van der Waals surface area (Å²) in [7, 11) is 1.60. The van der Waals surface area contributed by atoms with Crippen LogP contribution in [0.15, 0.2) is 58.3 Å². The Morgan fingerprint density at radius 2 is 1.53 bits per heavy atom. The molecule has 3 N–H and O–H groups in total. The third kappa shape index (κ3) is 10.1. The molecular weight excluding hydrogens is 828 g/mol. The molecule has 1 unspecified atom stereocenters. The molecule has 0 radical (unpaired) electrons. The Labute approximate surface area is 369 Å². The largest absolute Gasteiger partial charge is 0.356 e. The molecule has 4 amide bonds. The Hall–Kier alpha value is -5.74. The van der Waals surface area contributed by atoms with E-state index in [1.807, 2.05) is 55.5 Å². The van der Waals surface area contributed by atoms with Crippen molar-refractivity contribution in [2.24, 2.45) is 12.0 Å². The van der Waals surface area contributed by atoms with E-state index >= 15 is 0 Å². The van der Waals surface area contributed by atoms with Gasteiger partial charge in [-0.15, -0.1) is 26.6 Å². The molecule has 2 aromatic carbocycles. The first-order valence-electron chi connectivity index (χ1n) is 21.4. The molecule has 7 rings (SSSR count). The van der Waals surface area contributed by atoms with Gasteiger partial charge in [0.2, 0.25) is 17.7 Å². The number of aromatic nitrogens is 6. The number of imide groups is 1. The summed E-state index contributed by atoms with van der Waals surface area (Å²) in [6.07, 6.45) is 8.06. The van der Waals surface area contributed by atoms with Crippen LogP contribution in [0.2, 0.25) is 5.02 Å². The molecule has 0 bridgehead atoms. The number of rotatable bonds is 17. The molecule has 0 aliphatic carbocycles. The normalized spacial score (nSPS) is 16.2. The molecule has 2 atom stereocenters. The zero-order valence-corrected chi connectivity index (χ0v) is 37.2. The molecule has 62 heavy (non-hydrogen) atoms. The number of carbonyl (C=O) groups excluding carboxylic acids is 4. The summed E-state index contributed by atoms with van der Waals surface area (Å²) in [4.78, 5) is 69.5. The molecule has 0 spiro atoms. The van der Waals surface area contributed by atoms with Gasteiger partial charge in [-0.25, -0.2) is 9.48 Å². The maximum Gasteiger partial charge on any atom is 0.346 e. The standard InChI is InChI=1S/C45H53ClN10O5S/c1-27-28(2)62-44-39(27)40(31-19-21-33(46)22-20-31)49-34(42-52-51-29(3)55(42)44)26-38(59)48-25-10-8-6-5-7-9-24-47-36(57)23-16-30-14-17-32(18-15-30)41-53-56(45(61)54(41)4)35-12-11-13-37(58)50-43(35)60/h14-15,17-22,34-35H,5-13,16,23-26H2,1-4H3,(H,47,57)(H,48,59)(H,50,58,60)/t34-,35?/m0/s1. The van der Waals surface area contributed by atoms with Gasteiger partial charge in [0.25, 0.3) is 5.91 Å². The van der Waals surface area contributed by atoms with Gasteiger partial charge in [-0.2, -0.15) is 0 Å². The predicted octanol–water partition coefficient (Wildman–Crippen LogP) is 6.33. The first-order valence-corrected chi connectivity index (χ1v) is 22.6. The number of amides is 4. The Morgan fingerprint density at radius 3 is 2.24 bits per heavy atom. The second-order valence-corrected chi connectivity index (χ2v) is 17.7. The van der Waals surface area contributed by atoms with E-state index in [-0.39, 0.29) is 30.6 Å². The number of nitrogens with zero attached hydrogens (tertiary/aromatic N) is 7. The number of benzene rings is 2. The van der Waals surface area contributed by atoms with Crippen molar-refractivity contribution in [3.8, 4) is 16.4 Å². The Balaban J connectivity index is 0.792. The molecule has 1 saturated heterocycles. The molecule has 5 aromatic rings. The number of halogens is 1. The van der Waals surface area contributed by atoms with Crippen molar-refractivity contribution in [2.45, 2.75) is 110 Å². The van der Waals surface area contributed by atoms with Crippen molar-refractivity contribution in [2.75, 3.05) is 13.1 Å². The second-order valence-electron chi connectivity index (χ2n) is 16.1. The summed E-state index contributed by atoms with van der Waals surface area (Å²) in [5.74, 6) is 0.898. The molecule has 5 heterocycles. The summed E-state index contributed by atoms with van der Waals surface area (Å²) >= 11 is 7.92. The minimum atomic E-state index is -0.838. The number of thiophene rings is 1. The van der Waals surface area contributed by atoms with E-state index in [0.717, 1.165) is 82.0 Å². The van der Waals surface area contributed by atoms with Crippen LogP contribution in [0.25, 0.3) is 16.4 Å². The van der Waals surface area contributed by atoms with Crippen LogP contribution in [0.3, 0.4) is 0 Å². The molecular formula is C45H53ClN10O5S. The number of carbonyl (C=O) groups is 4. The maximum atomic E-state index is 13.3. The van der Waals surface area contributed by atoms with Crippen LogP contribution in [-0.4, -0.2) is 71.5 Å². The van der Waals surface area contributed by atoms with Crippen molar-refractivity contribution >= 4 is 52.3 Å². The average molecular weight is 882 g/mol. The van der Waals surface area contributed by atoms with E-state index in [1.165, 1.54) is 9.44 Å². The van der Waals surface area contributed by atoms with Gasteiger partial charge in [0.15, 0.2) is 11.6 Å². The summed E-state index contributed by atoms with van der Waals surface area (Å²) < 4.78 is 4.61. The van der Waals surface area contributed by atoms with E-state index < -0.39 is 23.7 Å². The van der Waals surface area contributed by atoms with Gasteiger partial charge >= 0.3 is 5.69 Å². The van der Waals surface area contributed by atoms with Crippen LogP contribution in [0.4, 0.5) is 0 Å². The molecule has 326 valence electrons. The third-order valence-electron chi connectivity index (χ3n) is 11.6. The maximum absolute atomic E-state index is 13.3. The van der Waals surface area contributed by atoms with Gasteiger partial charge in [0.1, 0.15) is 22.9 Å². The molecule has 2 aliphatic rings. The van der Waals surface area contributed by atoms with Crippen LogP contribution in [0.1, 0.15) is 121 Å². The minimum Gasteiger partial charge on any atom is -0.356 e. The van der Waals surface area contributed by atoms with Crippen molar-refractivity contribution in [3.63, 3.8) is 0 Å². The Morgan fingerprint density at radius 1 is 0.871 bits per heavy atom. The SMILES string of the molecule is Cc1sc2c(c1C)C(c1ccc(Cl)cc1)=N[C@@H](CC(=O)NCCCCCCCCNC(=O)CCc1ccc(-c3nn(C4CCCC(=O)NC4=O)c(=O)n3C)cc1)c1nnc(C)n1-2. The van der Waals surface area contributed by atoms with E-state index in [4.69, 9.17) is 16.6 Å². The van der Waals surface area contributed by atoms with Crippen LogP contribution < -0.4 is 21.6 Å². The first kappa shape index (κ1) is 44.3. The lowest BCUT2D eigenvalue weighted by atomic mass is 9.99. The molecule has 2 aliphatic heterocycles. The lowest BCUT2D eigenvalue weighted by molar-refractivity contribution is -0.131. The molecule has 17 heteroatoms. The fourth-order valence-electron chi connectivity index (χ4n) is 7.97. The lowest BCUT2D eigenvalue weighted by Crippen LogP contribution is -2.38. The van der Waals surface area contributed by atoms with Crippen molar-refractivity contribution in [3.05, 3.63) is 103 Å². The predicted molar refractivity (Wildman–Crippen MR) is 239 cm³/mol. The number of unbranched alkanes of at least 4 members (excludes halogenated alkanes) is 5. The second kappa shape index (κ2) is 20.0. The highest BCUT2D eigenvalue weighted by molar-refractivity contribution is 7.15. The highest BCUT2D eigenvalue weighted by atomic mass is 35.5. The highest BCUT2D eigenvalue weighted by Crippen LogP contribution is 2.39. The molecule has 1 fully saturated rings. The average Bonchev–Trinajstić information content (AvgIpc) is 3.80. The zero-order chi connectivity index (χ0) is 43.9.